The van der Waals surface area contributed by atoms with Gasteiger partial charge >= 0.3 is 0 Å². The summed E-state index contributed by atoms with van der Waals surface area (Å²) in [4.78, 5) is 17.6. The third-order valence-corrected chi connectivity index (χ3v) is 2.90. The highest BCUT2D eigenvalue weighted by molar-refractivity contribution is 14.0. The number of carbonyl (C=O) groups is 1. The van der Waals surface area contributed by atoms with Crippen molar-refractivity contribution in [3.05, 3.63) is 30.3 Å². The summed E-state index contributed by atoms with van der Waals surface area (Å²) in [6, 6.07) is 9.81. The van der Waals surface area contributed by atoms with Crippen LogP contribution in [0.15, 0.2) is 35.3 Å². The topological polar surface area (TPSA) is 70.7 Å². The second kappa shape index (κ2) is 7.32. The average Bonchev–Trinajstić information content (AvgIpc) is 3.20. The van der Waals surface area contributed by atoms with Gasteiger partial charge in [0.2, 0.25) is 5.91 Å². The first kappa shape index (κ1) is 15.7. The number of rotatable bonds is 4. The normalized spacial score (nSPS) is 14.5. The lowest BCUT2D eigenvalue weighted by Gasteiger charge is -2.16. The third kappa shape index (κ3) is 5.06. The number of para-hydroxylation sites is 1. The smallest absolute Gasteiger partial charge is 0.246 e. The van der Waals surface area contributed by atoms with Crippen LogP contribution >= 0.6 is 24.0 Å². The number of amides is 1. The van der Waals surface area contributed by atoms with Crippen LogP contribution in [0.25, 0.3) is 0 Å². The molecule has 1 aliphatic carbocycles. The van der Waals surface area contributed by atoms with Crippen LogP contribution in [-0.2, 0) is 4.79 Å². The van der Waals surface area contributed by atoms with E-state index in [4.69, 9.17) is 5.73 Å². The number of halogens is 1. The molecule has 0 radical (unpaired) electrons. The predicted molar refractivity (Wildman–Crippen MR) is 87.8 cm³/mol. The van der Waals surface area contributed by atoms with Gasteiger partial charge in [0.05, 0.1) is 0 Å². The van der Waals surface area contributed by atoms with Gasteiger partial charge in [-0.3, -0.25) is 4.79 Å². The molecule has 1 amide bonds. The van der Waals surface area contributed by atoms with Crippen molar-refractivity contribution >= 4 is 41.5 Å². The van der Waals surface area contributed by atoms with Crippen molar-refractivity contribution in [2.75, 3.05) is 18.9 Å². The molecule has 5 nitrogen and oxygen atoms in total. The molecular formula is C13H19IN4O. The Morgan fingerprint density at radius 2 is 2.05 bits per heavy atom. The van der Waals surface area contributed by atoms with Crippen molar-refractivity contribution in [3.8, 4) is 0 Å². The Balaban J connectivity index is 0.00000180. The number of nitrogens with zero attached hydrogens (tertiary/aromatic N) is 2. The molecule has 3 N–H and O–H groups in total. The lowest BCUT2D eigenvalue weighted by atomic mass is 10.3. The van der Waals surface area contributed by atoms with E-state index < -0.39 is 0 Å². The van der Waals surface area contributed by atoms with Gasteiger partial charge in [-0.25, -0.2) is 4.99 Å². The molecule has 0 saturated heterocycles. The summed E-state index contributed by atoms with van der Waals surface area (Å²) in [5, 5.41) is 2.76. The Hall–Kier alpha value is -1.31. The zero-order valence-electron chi connectivity index (χ0n) is 10.9. The molecule has 1 saturated carbocycles. The maximum Gasteiger partial charge on any atom is 0.246 e. The Kier molecular flexibility index (Phi) is 6.07. The molecule has 104 valence electrons. The lowest BCUT2D eigenvalue weighted by Crippen LogP contribution is -2.36. The molecule has 0 bridgehead atoms. The Labute approximate surface area is 130 Å². The molecule has 2 rings (SSSR count). The summed E-state index contributed by atoms with van der Waals surface area (Å²) in [6.45, 7) is 0.0534. The molecule has 6 heteroatoms. The summed E-state index contributed by atoms with van der Waals surface area (Å²) >= 11 is 0. The molecule has 19 heavy (non-hydrogen) atoms. The number of nitrogens with one attached hydrogen (secondary N) is 1. The third-order valence-electron chi connectivity index (χ3n) is 2.90. The monoisotopic (exact) mass is 374 g/mol. The molecule has 0 heterocycles. The summed E-state index contributed by atoms with van der Waals surface area (Å²) in [6.07, 6.45) is 2.31. The highest BCUT2D eigenvalue weighted by Gasteiger charge is 2.27. The summed E-state index contributed by atoms with van der Waals surface area (Å²) in [5.41, 5.74) is 6.57. The van der Waals surface area contributed by atoms with E-state index in [9.17, 15) is 4.79 Å². The minimum absolute atomic E-state index is 0. The van der Waals surface area contributed by atoms with E-state index >= 15 is 0 Å². The van der Waals surface area contributed by atoms with Crippen molar-refractivity contribution in [2.45, 2.75) is 18.9 Å². The number of guanidine groups is 1. The van der Waals surface area contributed by atoms with Crippen molar-refractivity contribution in [1.82, 2.24) is 4.90 Å². The van der Waals surface area contributed by atoms with E-state index in [2.05, 4.69) is 10.3 Å². The zero-order valence-corrected chi connectivity index (χ0v) is 13.2. The fourth-order valence-corrected chi connectivity index (χ4v) is 1.64. The van der Waals surface area contributed by atoms with Crippen LogP contribution in [-0.4, -0.2) is 36.4 Å². The van der Waals surface area contributed by atoms with E-state index in [1.165, 1.54) is 0 Å². The Morgan fingerprint density at radius 3 is 2.63 bits per heavy atom. The molecular weight excluding hydrogens is 355 g/mol. The molecule has 1 aromatic rings. The number of hydrogen-bond acceptors (Lipinski definition) is 2. The van der Waals surface area contributed by atoms with Crippen molar-refractivity contribution < 1.29 is 4.79 Å². The van der Waals surface area contributed by atoms with Crippen LogP contribution in [0.5, 0.6) is 0 Å². The molecule has 1 aliphatic rings. The second-order valence-electron chi connectivity index (χ2n) is 4.43. The minimum atomic E-state index is -0.159. The molecule has 1 fully saturated rings. The van der Waals surface area contributed by atoms with Crippen molar-refractivity contribution in [3.63, 3.8) is 0 Å². The van der Waals surface area contributed by atoms with E-state index in [1.54, 1.807) is 0 Å². The van der Waals surface area contributed by atoms with Gasteiger partial charge in [0, 0.05) is 18.8 Å². The first-order valence-electron chi connectivity index (χ1n) is 6.04. The number of nitrogens with two attached hydrogens (primary N) is 1. The number of aliphatic imine (C=N–C) groups is 1. The van der Waals surface area contributed by atoms with Gasteiger partial charge in [0.1, 0.15) is 6.54 Å². The van der Waals surface area contributed by atoms with E-state index in [0.717, 1.165) is 18.5 Å². The summed E-state index contributed by atoms with van der Waals surface area (Å²) in [5.74, 6) is 0.272. The van der Waals surface area contributed by atoms with Crippen LogP contribution in [0.2, 0.25) is 0 Å². The highest BCUT2D eigenvalue weighted by atomic mass is 127. The van der Waals surface area contributed by atoms with Crippen LogP contribution in [0, 0.1) is 0 Å². The number of benzene rings is 1. The molecule has 0 aromatic heterocycles. The Morgan fingerprint density at radius 1 is 1.42 bits per heavy atom. The zero-order chi connectivity index (χ0) is 13.0. The van der Waals surface area contributed by atoms with Crippen LogP contribution in [0.3, 0.4) is 0 Å². The number of carbonyl (C=O) groups excluding carboxylic acids is 1. The summed E-state index contributed by atoms with van der Waals surface area (Å²) < 4.78 is 0. The number of hydrogen-bond donors (Lipinski definition) is 2. The first-order chi connectivity index (χ1) is 8.66. The Bertz CT molecular complexity index is 445. The van der Waals surface area contributed by atoms with Gasteiger partial charge < -0.3 is 16.0 Å². The fourth-order valence-electron chi connectivity index (χ4n) is 1.64. The molecule has 1 aromatic carbocycles. The molecule has 0 aliphatic heterocycles. The maximum absolute atomic E-state index is 11.6. The lowest BCUT2D eigenvalue weighted by molar-refractivity contribution is -0.114. The van der Waals surface area contributed by atoms with Crippen molar-refractivity contribution in [2.24, 2.45) is 10.7 Å². The van der Waals surface area contributed by atoms with Gasteiger partial charge in [0.15, 0.2) is 5.96 Å². The van der Waals surface area contributed by atoms with Crippen LogP contribution in [0.4, 0.5) is 5.69 Å². The molecule has 0 unspecified atom stereocenters. The van der Waals surface area contributed by atoms with Gasteiger partial charge in [0.25, 0.3) is 0 Å². The predicted octanol–water partition coefficient (Wildman–Crippen LogP) is 1.65. The quantitative estimate of drug-likeness (QED) is 0.478. The maximum atomic E-state index is 11.6. The molecule has 0 atom stereocenters. The van der Waals surface area contributed by atoms with Crippen molar-refractivity contribution in [1.29, 1.82) is 0 Å². The van der Waals surface area contributed by atoms with E-state index in [0.29, 0.717) is 12.0 Å². The number of anilines is 1. The highest BCUT2D eigenvalue weighted by Crippen LogP contribution is 2.24. The second-order valence-corrected chi connectivity index (χ2v) is 4.43. The van der Waals surface area contributed by atoms with E-state index in [-0.39, 0.29) is 36.4 Å². The first-order valence-corrected chi connectivity index (χ1v) is 6.04. The fraction of sp³-hybridized carbons (Fsp3) is 0.385. The van der Waals surface area contributed by atoms with Gasteiger partial charge in [-0.15, -0.1) is 24.0 Å². The average molecular weight is 374 g/mol. The van der Waals surface area contributed by atoms with Gasteiger partial charge in [-0.05, 0) is 25.0 Å². The molecule has 0 spiro atoms. The van der Waals surface area contributed by atoms with Gasteiger partial charge in [-0.2, -0.15) is 0 Å². The summed E-state index contributed by atoms with van der Waals surface area (Å²) in [7, 11) is 1.91. The minimum Gasteiger partial charge on any atom is -0.370 e. The SMILES string of the molecule is CN(C(N)=NCC(=O)Nc1ccccc1)C1CC1.I. The van der Waals surface area contributed by atoms with E-state index in [1.807, 2.05) is 42.3 Å². The van der Waals surface area contributed by atoms with Crippen LogP contribution < -0.4 is 11.1 Å². The van der Waals surface area contributed by atoms with Gasteiger partial charge in [-0.1, -0.05) is 18.2 Å². The largest absolute Gasteiger partial charge is 0.370 e. The van der Waals surface area contributed by atoms with Crippen LogP contribution in [0.1, 0.15) is 12.8 Å². The standard InChI is InChI=1S/C13H18N4O.HI/c1-17(11-7-8-11)13(14)15-9-12(18)16-10-5-3-2-4-6-10;/h2-6,11H,7-9H2,1H3,(H2,14,15)(H,16,18);1H.